The van der Waals surface area contributed by atoms with E-state index in [9.17, 15) is 4.79 Å². The van der Waals surface area contributed by atoms with Crippen LogP contribution in [0, 0.1) is 5.92 Å². The van der Waals surface area contributed by atoms with Crippen LogP contribution in [0.25, 0.3) is 11.5 Å². The molecular formula is C19H23NO4. The molecule has 0 unspecified atom stereocenters. The summed E-state index contributed by atoms with van der Waals surface area (Å²) in [5.74, 6) is 1.83. The Morgan fingerprint density at radius 3 is 2.71 bits per heavy atom. The number of aromatic nitrogens is 1. The zero-order chi connectivity index (χ0) is 16.8. The molecule has 0 amide bonds. The Morgan fingerprint density at radius 2 is 2.00 bits per heavy atom. The van der Waals surface area contributed by atoms with Gasteiger partial charge in [-0.2, -0.15) is 0 Å². The molecule has 1 aromatic heterocycles. The summed E-state index contributed by atoms with van der Waals surface area (Å²) in [6.07, 6.45) is 8.07. The lowest BCUT2D eigenvalue weighted by atomic mass is 10.0. The van der Waals surface area contributed by atoms with Crippen molar-refractivity contribution < 1.29 is 18.7 Å². The first-order chi connectivity index (χ1) is 11.7. The standard InChI is InChI=1S/C19H23NO4/c1-22-17-9-7-15(8-10-17)19-20-16(13-24-19)12-23-18(21)11-6-14-4-2-3-5-14/h7-10,13-14H,2-6,11-12H2,1H3. The number of oxazole rings is 1. The molecule has 0 bridgehead atoms. The van der Waals surface area contributed by atoms with Crippen molar-refractivity contribution in [2.45, 2.75) is 45.1 Å². The maximum atomic E-state index is 11.8. The highest BCUT2D eigenvalue weighted by Gasteiger charge is 2.17. The summed E-state index contributed by atoms with van der Waals surface area (Å²) in [7, 11) is 1.62. The first-order valence-electron chi connectivity index (χ1n) is 8.49. The lowest BCUT2D eigenvalue weighted by Gasteiger charge is -2.07. The molecule has 0 aliphatic heterocycles. The average molecular weight is 329 g/mol. The van der Waals surface area contributed by atoms with E-state index in [1.54, 1.807) is 7.11 Å². The number of benzene rings is 1. The molecule has 1 saturated carbocycles. The predicted octanol–water partition coefficient (Wildman–Crippen LogP) is 4.36. The van der Waals surface area contributed by atoms with E-state index in [1.165, 1.54) is 31.9 Å². The molecular weight excluding hydrogens is 306 g/mol. The molecule has 5 nitrogen and oxygen atoms in total. The van der Waals surface area contributed by atoms with E-state index in [2.05, 4.69) is 4.98 Å². The van der Waals surface area contributed by atoms with Gasteiger partial charge in [0, 0.05) is 12.0 Å². The van der Waals surface area contributed by atoms with Crippen molar-refractivity contribution in [3.63, 3.8) is 0 Å². The van der Waals surface area contributed by atoms with Gasteiger partial charge in [0.15, 0.2) is 0 Å². The van der Waals surface area contributed by atoms with Crippen molar-refractivity contribution in [2.75, 3.05) is 7.11 Å². The van der Waals surface area contributed by atoms with Crippen LogP contribution < -0.4 is 4.74 Å². The van der Waals surface area contributed by atoms with Gasteiger partial charge >= 0.3 is 5.97 Å². The van der Waals surface area contributed by atoms with Gasteiger partial charge in [-0.15, -0.1) is 0 Å². The van der Waals surface area contributed by atoms with Gasteiger partial charge in [-0.05, 0) is 36.6 Å². The summed E-state index contributed by atoms with van der Waals surface area (Å²) < 4.78 is 15.9. The predicted molar refractivity (Wildman–Crippen MR) is 89.5 cm³/mol. The normalized spacial score (nSPS) is 14.7. The lowest BCUT2D eigenvalue weighted by molar-refractivity contribution is -0.145. The van der Waals surface area contributed by atoms with Gasteiger partial charge in [0.2, 0.25) is 5.89 Å². The van der Waals surface area contributed by atoms with Crippen LogP contribution in [0.15, 0.2) is 34.9 Å². The fourth-order valence-corrected chi connectivity index (χ4v) is 3.09. The van der Waals surface area contributed by atoms with Crippen molar-refractivity contribution in [1.82, 2.24) is 4.98 Å². The third-order valence-electron chi connectivity index (χ3n) is 4.50. The number of rotatable bonds is 7. The fraction of sp³-hybridized carbons (Fsp3) is 0.474. The molecule has 2 aromatic rings. The number of hydrogen-bond acceptors (Lipinski definition) is 5. The van der Waals surface area contributed by atoms with Gasteiger partial charge < -0.3 is 13.9 Å². The highest BCUT2D eigenvalue weighted by molar-refractivity contribution is 5.69. The van der Waals surface area contributed by atoms with Crippen LogP contribution >= 0.6 is 0 Å². The minimum Gasteiger partial charge on any atom is -0.497 e. The number of hydrogen-bond donors (Lipinski definition) is 0. The Hall–Kier alpha value is -2.30. The number of esters is 1. The molecule has 5 heteroatoms. The molecule has 1 aliphatic rings. The Labute approximate surface area is 142 Å². The van der Waals surface area contributed by atoms with E-state index in [4.69, 9.17) is 13.9 Å². The summed E-state index contributed by atoms with van der Waals surface area (Å²) >= 11 is 0. The summed E-state index contributed by atoms with van der Waals surface area (Å²) in [4.78, 5) is 16.2. The largest absolute Gasteiger partial charge is 0.497 e. The molecule has 1 fully saturated rings. The summed E-state index contributed by atoms with van der Waals surface area (Å²) in [5, 5.41) is 0. The van der Waals surface area contributed by atoms with Crippen LogP contribution in [0.3, 0.4) is 0 Å². The second kappa shape index (κ2) is 7.99. The first-order valence-corrected chi connectivity index (χ1v) is 8.49. The van der Waals surface area contributed by atoms with Crippen molar-refractivity contribution in [1.29, 1.82) is 0 Å². The molecule has 128 valence electrons. The van der Waals surface area contributed by atoms with E-state index < -0.39 is 0 Å². The monoisotopic (exact) mass is 329 g/mol. The van der Waals surface area contributed by atoms with Crippen molar-refractivity contribution in [3.05, 3.63) is 36.2 Å². The van der Waals surface area contributed by atoms with Crippen LogP contribution in [0.5, 0.6) is 5.75 Å². The molecule has 24 heavy (non-hydrogen) atoms. The van der Waals surface area contributed by atoms with E-state index in [-0.39, 0.29) is 12.6 Å². The molecule has 0 spiro atoms. The summed E-state index contributed by atoms with van der Waals surface area (Å²) in [6, 6.07) is 7.45. The van der Waals surface area contributed by atoms with Crippen molar-refractivity contribution in [3.8, 4) is 17.2 Å². The Kier molecular flexibility index (Phi) is 5.51. The van der Waals surface area contributed by atoms with E-state index in [1.807, 2.05) is 24.3 Å². The Bertz CT molecular complexity index is 656. The van der Waals surface area contributed by atoms with E-state index in [0.717, 1.165) is 17.7 Å². The first kappa shape index (κ1) is 16.6. The van der Waals surface area contributed by atoms with E-state index in [0.29, 0.717) is 23.9 Å². The van der Waals surface area contributed by atoms with Gasteiger partial charge in [-0.3, -0.25) is 4.79 Å². The Morgan fingerprint density at radius 1 is 1.25 bits per heavy atom. The molecule has 1 aliphatic carbocycles. The van der Waals surface area contributed by atoms with Crippen LogP contribution in [0.2, 0.25) is 0 Å². The van der Waals surface area contributed by atoms with Crippen LogP contribution in [0.4, 0.5) is 0 Å². The fourth-order valence-electron chi connectivity index (χ4n) is 3.09. The smallest absolute Gasteiger partial charge is 0.306 e. The lowest BCUT2D eigenvalue weighted by Crippen LogP contribution is -2.07. The molecule has 3 rings (SSSR count). The number of ether oxygens (including phenoxy) is 2. The maximum absolute atomic E-state index is 11.8. The minimum absolute atomic E-state index is 0.156. The van der Waals surface area contributed by atoms with Crippen LogP contribution in [0.1, 0.15) is 44.2 Å². The molecule has 1 heterocycles. The minimum atomic E-state index is -0.157. The third-order valence-corrected chi connectivity index (χ3v) is 4.50. The molecule has 0 radical (unpaired) electrons. The number of methoxy groups -OCH3 is 1. The highest BCUT2D eigenvalue weighted by Crippen LogP contribution is 2.28. The second-order valence-electron chi connectivity index (χ2n) is 6.22. The van der Waals surface area contributed by atoms with Crippen LogP contribution in [-0.4, -0.2) is 18.1 Å². The maximum Gasteiger partial charge on any atom is 0.306 e. The second-order valence-corrected chi connectivity index (χ2v) is 6.22. The summed E-state index contributed by atoms with van der Waals surface area (Å²) in [6.45, 7) is 0.156. The van der Waals surface area contributed by atoms with E-state index >= 15 is 0 Å². The van der Waals surface area contributed by atoms with Crippen LogP contribution in [-0.2, 0) is 16.1 Å². The quantitative estimate of drug-likeness (QED) is 0.706. The van der Waals surface area contributed by atoms with Gasteiger partial charge in [-0.1, -0.05) is 25.7 Å². The zero-order valence-corrected chi connectivity index (χ0v) is 14.0. The Balaban J connectivity index is 1.47. The molecule has 0 atom stereocenters. The number of carbonyl (C=O) groups is 1. The van der Waals surface area contributed by atoms with Crippen molar-refractivity contribution in [2.24, 2.45) is 5.92 Å². The number of carbonyl (C=O) groups excluding carboxylic acids is 1. The summed E-state index contributed by atoms with van der Waals surface area (Å²) in [5.41, 5.74) is 1.48. The molecule has 0 N–H and O–H groups in total. The molecule has 0 saturated heterocycles. The van der Waals surface area contributed by atoms with Crippen molar-refractivity contribution >= 4 is 5.97 Å². The third kappa shape index (κ3) is 4.37. The topological polar surface area (TPSA) is 61.6 Å². The zero-order valence-electron chi connectivity index (χ0n) is 14.0. The SMILES string of the molecule is COc1ccc(-c2nc(COC(=O)CCC3CCCC3)co2)cc1. The van der Waals surface area contributed by atoms with Gasteiger partial charge in [0.1, 0.15) is 24.3 Å². The number of nitrogens with zero attached hydrogens (tertiary/aromatic N) is 1. The molecule has 1 aromatic carbocycles. The van der Waals surface area contributed by atoms with Gasteiger partial charge in [-0.25, -0.2) is 4.98 Å². The highest BCUT2D eigenvalue weighted by atomic mass is 16.5. The van der Waals surface area contributed by atoms with Gasteiger partial charge in [0.25, 0.3) is 0 Å². The van der Waals surface area contributed by atoms with Gasteiger partial charge in [0.05, 0.1) is 7.11 Å². The average Bonchev–Trinajstić information content (AvgIpc) is 3.30.